The number of likely N-dealkylation sites (tertiary alicyclic amines) is 2. The Hall–Kier alpha value is -5.74. The zero-order valence-electron chi connectivity index (χ0n) is 43.6. The third kappa shape index (κ3) is 13.3. The molecule has 2 aliphatic carbocycles. The minimum Gasteiger partial charge on any atom is -0.394 e. The van der Waals surface area contributed by atoms with E-state index in [4.69, 9.17) is 0 Å². The van der Waals surface area contributed by atoms with Crippen molar-refractivity contribution < 1.29 is 57.9 Å². The summed E-state index contributed by atoms with van der Waals surface area (Å²) in [5, 5.41) is 17.5. The summed E-state index contributed by atoms with van der Waals surface area (Å²) < 4.78 is 131. The number of aromatic nitrogens is 2. The van der Waals surface area contributed by atoms with Gasteiger partial charge in [-0.25, -0.2) is 16.8 Å². The second-order valence-electron chi connectivity index (χ2n) is 21.1. The van der Waals surface area contributed by atoms with Gasteiger partial charge in [0.05, 0.1) is 45.8 Å². The highest BCUT2D eigenvalue weighted by molar-refractivity contribution is 7.91. The van der Waals surface area contributed by atoms with E-state index >= 15 is 0 Å². The van der Waals surface area contributed by atoms with Crippen LogP contribution in [0, 0.1) is 11.8 Å². The van der Waals surface area contributed by atoms with Gasteiger partial charge in [0.15, 0.2) is 19.7 Å². The van der Waals surface area contributed by atoms with E-state index in [9.17, 15) is 57.9 Å². The molecule has 4 heterocycles. The number of hydrogen-bond donors (Lipinski definition) is 3. The lowest BCUT2D eigenvalue weighted by Gasteiger charge is -2.33. The maximum Gasteiger partial charge on any atom is 0.391 e. The van der Waals surface area contributed by atoms with Crippen LogP contribution in [0.1, 0.15) is 127 Å². The molecule has 0 spiro atoms. The van der Waals surface area contributed by atoms with Gasteiger partial charge in [-0.3, -0.25) is 19.4 Å². The van der Waals surface area contributed by atoms with Crippen LogP contribution in [0.5, 0.6) is 0 Å². The van der Waals surface area contributed by atoms with E-state index in [1.807, 2.05) is 24.3 Å². The fourth-order valence-corrected chi connectivity index (χ4v) is 12.5. The van der Waals surface area contributed by atoms with Crippen LogP contribution in [0.4, 0.5) is 26.3 Å². The smallest absolute Gasteiger partial charge is 0.391 e. The van der Waals surface area contributed by atoms with Gasteiger partial charge in [-0.1, -0.05) is 38.1 Å². The number of nitrogens with zero attached hydrogens (tertiary/aromatic N) is 4. The summed E-state index contributed by atoms with van der Waals surface area (Å²) >= 11 is 0. The molecule has 2 saturated heterocycles. The molecule has 0 radical (unpaired) electrons. The Labute approximate surface area is 450 Å². The fraction of sp³-hybridized carbons (Fsp3) is 0.474. The molecule has 0 unspecified atom stereocenters. The van der Waals surface area contributed by atoms with Crippen molar-refractivity contribution in [3.8, 4) is 0 Å². The van der Waals surface area contributed by atoms with Crippen molar-refractivity contribution >= 4 is 53.3 Å². The average molecular weight is 1130 g/mol. The molecule has 78 heavy (non-hydrogen) atoms. The number of sulfone groups is 2. The first kappa shape index (κ1) is 57.0. The predicted molar refractivity (Wildman–Crippen MR) is 285 cm³/mol. The van der Waals surface area contributed by atoms with Crippen molar-refractivity contribution in [1.29, 1.82) is 0 Å². The first-order valence-electron chi connectivity index (χ1n) is 26.7. The minimum absolute atomic E-state index is 0.0181. The molecular weight excluding hydrogens is 1060 g/mol. The molecule has 420 valence electrons. The number of fused-ring (bicyclic) bond motifs is 2. The number of benzene rings is 4. The van der Waals surface area contributed by atoms with E-state index in [0.29, 0.717) is 68.0 Å². The molecule has 13 nitrogen and oxygen atoms in total. The van der Waals surface area contributed by atoms with Crippen LogP contribution in [0.15, 0.2) is 107 Å². The third-order valence-electron chi connectivity index (χ3n) is 15.7. The van der Waals surface area contributed by atoms with Gasteiger partial charge in [0, 0.05) is 76.0 Å². The first-order chi connectivity index (χ1) is 37.0. The highest BCUT2D eigenvalue weighted by Crippen LogP contribution is 2.43. The molecule has 0 bridgehead atoms. The predicted octanol–water partition coefficient (Wildman–Crippen LogP) is 10.5. The number of carbonyl (C=O) groups is 2. The van der Waals surface area contributed by atoms with Crippen molar-refractivity contribution in [1.82, 2.24) is 29.6 Å². The van der Waals surface area contributed by atoms with E-state index in [2.05, 4.69) is 35.6 Å². The Bertz CT molecular complexity index is 3340. The Balaban J connectivity index is 0.000000190. The first-order valence-corrected chi connectivity index (χ1v) is 30.1. The zero-order chi connectivity index (χ0) is 55.7. The molecule has 4 aromatic carbocycles. The van der Waals surface area contributed by atoms with Crippen LogP contribution in [-0.4, -0.2) is 109 Å². The van der Waals surface area contributed by atoms with Crippen molar-refractivity contribution in [2.24, 2.45) is 11.8 Å². The number of piperidine rings is 2. The topological polar surface area (TPSA) is 163 Å². The number of halogens is 6. The van der Waals surface area contributed by atoms with Crippen LogP contribution < -0.4 is 10.6 Å². The normalized spacial score (nSPS) is 18.0. The van der Waals surface area contributed by atoms with Gasteiger partial charge in [-0.15, -0.1) is 0 Å². The number of nitrogens with one attached hydrogen (secondary N) is 2. The largest absolute Gasteiger partial charge is 0.394 e. The van der Waals surface area contributed by atoms with Crippen molar-refractivity contribution in [2.75, 3.05) is 44.3 Å². The van der Waals surface area contributed by atoms with E-state index in [1.54, 1.807) is 68.4 Å². The molecular formula is C57H66F6N6O7S2. The molecule has 4 fully saturated rings. The molecule has 3 N–H and O–H groups in total. The van der Waals surface area contributed by atoms with Gasteiger partial charge in [-0.2, -0.15) is 26.3 Å². The van der Waals surface area contributed by atoms with Gasteiger partial charge in [0.1, 0.15) is 0 Å². The lowest BCUT2D eigenvalue weighted by Crippen LogP contribution is -2.38. The number of rotatable bonds is 17. The van der Waals surface area contributed by atoms with E-state index in [-0.39, 0.29) is 71.9 Å². The lowest BCUT2D eigenvalue weighted by atomic mass is 9.96. The second-order valence-corrected chi connectivity index (χ2v) is 25.7. The van der Waals surface area contributed by atoms with Crippen LogP contribution in [0.2, 0.25) is 0 Å². The van der Waals surface area contributed by atoms with Crippen molar-refractivity contribution in [3.63, 3.8) is 0 Å². The summed E-state index contributed by atoms with van der Waals surface area (Å²) in [6.45, 7) is 5.89. The lowest BCUT2D eigenvalue weighted by molar-refractivity contribution is -0.186. The average Bonchev–Trinajstić information content (AvgIpc) is 4.44. The molecule has 2 saturated carbocycles. The van der Waals surface area contributed by atoms with Gasteiger partial charge in [0.2, 0.25) is 0 Å². The maximum atomic E-state index is 13.1. The molecule has 1 atom stereocenters. The highest BCUT2D eigenvalue weighted by Gasteiger charge is 2.42. The van der Waals surface area contributed by atoms with Gasteiger partial charge in [0.25, 0.3) is 11.8 Å². The molecule has 4 aliphatic rings. The van der Waals surface area contributed by atoms with E-state index in [1.165, 1.54) is 12.1 Å². The number of carbonyl (C=O) groups excluding carboxylic acids is 2. The number of aliphatic hydroxyl groups excluding tert-OH is 1. The number of aliphatic hydroxyl groups is 1. The molecule has 6 aromatic rings. The fourth-order valence-electron chi connectivity index (χ4n) is 10.8. The number of alkyl halides is 6. The van der Waals surface area contributed by atoms with Crippen molar-refractivity contribution in [3.05, 3.63) is 131 Å². The number of hydrogen-bond acceptors (Lipinski definition) is 9. The summed E-state index contributed by atoms with van der Waals surface area (Å²) in [7, 11) is -6.62. The van der Waals surface area contributed by atoms with E-state index in [0.717, 1.165) is 64.4 Å². The summed E-state index contributed by atoms with van der Waals surface area (Å²) in [4.78, 5) is 30.7. The van der Waals surface area contributed by atoms with Crippen LogP contribution in [0.3, 0.4) is 0 Å². The van der Waals surface area contributed by atoms with Crippen molar-refractivity contribution in [2.45, 2.75) is 125 Å². The number of amides is 2. The van der Waals surface area contributed by atoms with Crippen LogP contribution in [0.25, 0.3) is 21.8 Å². The molecule has 2 aromatic heterocycles. The zero-order valence-corrected chi connectivity index (χ0v) is 45.3. The second kappa shape index (κ2) is 23.2. The minimum atomic E-state index is -4.14. The maximum absolute atomic E-state index is 13.1. The molecule has 2 amide bonds. The molecule has 2 aliphatic heterocycles. The quantitative estimate of drug-likeness (QED) is 0.0755. The van der Waals surface area contributed by atoms with Crippen LogP contribution >= 0.6 is 0 Å². The standard InChI is InChI=1S/C29H34F3N3O4S.C28H32F3N3O3S/c1-2-40(38,39)25-8-3-19(4-9-25)26(18-36)33-28(37)20-5-10-27-21(15-20)16-24(35(27)23-6-7-23)17-34-13-11-22(12-14-34)29(30,31)32;1-2-38(36,37)25-8-3-19(4-9-25)17-32-27(35)20-5-10-26-21(15-20)16-24(34(26)23-6-7-23)18-33-13-11-22(12-14-33)28(29,30)31/h3-5,8-10,15-16,22-23,26,36H,2,6-7,11-14,17-18H2,1H3,(H,33,37);3-5,8-10,15-16,22-23H,2,6-7,11-14,17-18H2,1H3,(H,32,35)/t26-;/m0./s1. The Morgan fingerprint density at radius 1 is 0.577 bits per heavy atom. The van der Waals surface area contributed by atoms with E-state index < -0.39 is 49.9 Å². The third-order valence-corrected chi connectivity index (χ3v) is 19.2. The molecule has 21 heteroatoms. The van der Waals surface area contributed by atoms with Gasteiger partial charge in [-0.05, 0) is 161 Å². The monoisotopic (exact) mass is 1120 g/mol. The summed E-state index contributed by atoms with van der Waals surface area (Å²) in [6.07, 6.45) is -3.52. The highest BCUT2D eigenvalue weighted by atomic mass is 32.2. The Kier molecular flexibility index (Phi) is 16.9. The summed E-state index contributed by atoms with van der Waals surface area (Å²) in [5.74, 6) is -3.03. The Morgan fingerprint density at radius 2 is 0.987 bits per heavy atom. The summed E-state index contributed by atoms with van der Waals surface area (Å²) in [6, 6.07) is 27.8. The van der Waals surface area contributed by atoms with Crippen LogP contribution in [-0.2, 0) is 39.3 Å². The SMILES string of the molecule is CCS(=O)(=O)c1ccc(CNC(=O)c2ccc3c(c2)cc(CN2CCC(C(F)(F)F)CC2)n3C2CC2)cc1.CCS(=O)(=O)c1ccc([C@H](CO)NC(=O)c2ccc3c(c2)cc(CN2CCC(C(F)(F)F)CC2)n3C2CC2)cc1. The van der Waals surface area contributed by atoms with Gasteiger partial charge >= 0.3 is 12.4 Å². The Morgan fingerprint density at radius 3 is 1.37 bits per heavy atom. The molecule has 10 rings (SSSR count). The summed E-state index contributed by atoms with van der Waals surface area (Å²) in [5.41, 5.74) is 6.47. The van der Waals surface area contributed by atoms with Gasteiger partial charge < -0.3 is 24.9 Å².